The normalized spacial score (nSPS) is 12.4. The number of aryl methyl sites for hydroxylation is 2. The minimum Gasteiger partial charge on any atom is -0.265 e. The maximum absolute atomic E-state index is 6.44. The van der Waals surface area contributed by atoms with E-state index < -0.39 is 0 Å². The molecular weight excluding hydrogens is 230 g/mol. The third-order valence-electron chi connectivity index (χ3n) is 2.97. The van der Waals surface area contributed by atoms with Gasteiger partial charge in [-0.3, -0.25) is 4.98 Å². The number of aromatic nitrogens is 1. The van der Waals surface area contributed by atoms with Crippen molar-refractivity contribution in [2.75, 3.05) is 0 Å². The van der Waals surface area contributed by atoms with Gasteiger partial charge in [-0.15, -0.1) is 11.6 Å². The summed E-state index contributed by atoms with van der Waals surface area (Å²) in [5.74, 6) is 0. The summed E-state index contributed by atoms with van der Waals surface area (Å²) in [5.41, 5.74) is 5.03. The van der Waals surface area contributed by atoms with Gasteiger partial charge >= 0.3 is 0 Å². The molecule has 0 saturated heterocycles. The van der Waals surface area contributed by atoms with E-state index in [1.165, 1.54) is 16.7 Å². The first-order chi connectivity index (χ1) is 8.16. The molecule has 0 fully saturated rings. The molecule has 0 bridgehead atoms. The van der Waals surface area contributed by atoms with E-state index in [4.69, 9.17) is 11.6 Å². The standard InChI is InChI=1S/C15H16ClN/c1-11-3-4-12(2)14(9-11)10-15(16)13-5-7-17-8-6-13/h3-9,15H,10H2,1-2H3. The molecule has 0 saturated carbocycles. The summed E-state index contributed by atoms with van der Waals surface area (Å²) in [6.07, 6.45) is 4.43. The van der Waals surface area contributed by atoms with Crippen LogP contribution in [0, 0.1) is 13.8 Å². The van der Waals surface area contributed by atoms with E-state index in [0.717, 1.165) is 12.0 Å². The van der Waals surface area contributed by atoms with Crippen LogP contribution in [0.5, 0.6) is 0 Å². The quantitative estimate of drug-likeness (QED) is 0.738. The Morgan fingerprint density at radius 1 is 1.12 bits per heavy atom. The van der Waals surface area contributed by atoms with Gasteiger partial charge in [-0.25, -0.2) is 0 Å². The molecule has 0 aliphatic rings. The highest BCUT2D eigenvalue weighted by molar-refractivity contribution is 6.20. The molecule has 1 aromatic carbocycles. The lowest BCUT2D eigenvalue weighted by molar-refractivity contribution is 0.905. The Morgan fingerprint density at radius 3 is 2.53 bits per heavy atom. The molecule has 1 aromatic heterocycles. The van der Waals surface area contributed by atoms with E-state index in [1.54, 1.807) is 12.4 Å². The molecule has 0 amide bonds. The van der Waals surface area contributed by atoms with Gasteiger partial charge in [0.2, 0.25) is 0 Å². The maximum atomic E-state index is 6.44. The van der Waals surface area contributed by atoms with Crippen LogP contribution in [-0.2, 0) is 6.42 Å². The van der Waals surface area contributed by atoms with Crippen molar-refractivity contribution in [2.45, 2.75) is 25.6 Å². The summed E-state index contributed by atoms with van der Waals surface area (Å²) in [6.45, 7) is 4.24. The van der Waals surface area contributed by atoms with Gasteiger partial charge in [0, 0.05) is 12.4 Å². The van der Waals surface area contributed by atoms with Crippen molar-refractivity contribution >= 4 is 11.6 Å². The van der Waals surface area contributed by atoms with Gasteiger partial charge in [0.25, 0.3) is 0 Å². The summed E-state index contributed by atoms with van der Waals surface area (Å²) in [6, 6.07) is 10.5. The molecule has 0 N–H and O–H groups in total. The molecule has 1 atom stereocenters. The van der Waals surface area contributed by atoms with Crippen molar-refractivity contribution < 1.29 is 0 Å². The Labute approximate surface area is 107 Å². The van der Waals surface area contributed by atoms with Crippen LogP contribution in [-0.4, -0.2) is 4.98 Å². The Balaban J connectivity index is 2.18. The Bertz CT molecular complexity index is 494. The summed E-state index contributed by atoms with van der Waals surface area (Å²) in [7, 11) is 0. The largest absolute Gasteiger partial charge is 0.265 e. The minimum atomic E-state index is 0.0125. The number of pyridine rings is 1. The van der Waals surface area contributed by atoms with Gasteiger partial charge in [0.15, 0.2) is 0 Å². The van der Waals surface area contributed by atoms with Gasteiger partial charge in [-0.2, -0.15) is 0 Å². The second-order valence-corrected chi connectivity index (χ2v) is 4.91. The molecule has 88 valence electrons. The fraction of sp³-hybridized carbons (Fsp3) is 0.267. The van der Waals surface area contributed by atoms with E-state index >= 15 is 0 Å². The fourth-order valence-electron chi connectivity index (χ4n) is 1.90. The van der Waals surface area contributed by atoms with Crippen molar-refractivity contribution in [3.63, 3.8) is 0 Å². The number of hydrogen-bond acceptors (Lipinski definition) is 1. The van der Waals surface area contributed by atoms with E-state index in [-0.39, 0.29) is 5.38 Å². The highest BCUT2D eigenvalue weighted by atomic mass is 35.5. The number of halogens is 1. The van der Waals surface area contributed by atoms with E-state index in [1.807, 2.05) is 12.1 Å². The predicted octanol–water partition coefficient (Wildman–Crippen LogP) is 4.22. The summed E-state index contributed by atoms with van der Waals surface area (Å²) >= 11 is 6.44. The van der Waals surface area contributed by atoms with E-state index in [2.05, 4.69) is 37.0 Å². The maximum Gasteiger partial charge on any atom is 0.0626 e. The predicted molar refractivity (Wildman–Crippen MR) is 72.5 cm³/mol. The molecule has 0 aliphatic heterocycles. The summed E-state index contributed by atoms with van der Waals surface area (Å²) in [5, 5.41) is 0.0125. The molecule has 1 nitrogen and oxygen atoms in total. The Hall–Kier alpha value is -1.34. The molecule has 0 spiro atoms. The molecule has 17 heavy (non-hydrogen) atoms. The van der Waals surface area contributed by atoms with Gasteiger partial charge in [0.1, 0.15) is 0 Å². The lowest BCUT2D eigenvalue weighted by Gasteiger charge is -2.12. The third-order valence-corrected chi connectivity index (χ3v) is 3.38. The molecule has 1 unspecified atom stereocenters. The van der Waals surface area contributed by atoms with Crippen LogP contribution in [0.4, 0.5) is 0 Å². The lowest BCUT2D eigenvalue weighted by atomic mass is 9.99. The van der Waals surface area contributed by atoms with E-state index in [9.17, 15) is 0 Å². The topological polar surface area (TPSA) is 12.9 Å². The zero-order valence-electron chi connectivity index (χ0n) is 10.2. The van der Waals surface area contributed by atoms with Gasteiger partial charge in [0.05, 0.1) is 5.38 Å². The smallest absolute Gasteiger partial charge is 0.0626 e. The Kier molecular flexibility index (Phi) is 3.80. The number of benzene rings is 1. The van der Waals surface area contributed by atoms with Crippen molar-refractivity contribution in [3.05, 3.63) is 65.0 Å². The molecule has 2 heteroatoms. The van der Waals surface area contributed by atoms with Crippen LogP contribution >= 0.6 is 11.6 Å². The molecular formula is C15H16ClN. The Morgan fingerprint density at radius 2 is 1.82 bits per heavy atom. The first-order valence-corrected chi connectivity index (χ1v) is 6.20. The van der Waals surface area contributed by atoms with Crippen molar-refractivity contribution in [1.29, 1.82) is 0 Å². The second-order valence-electron chi connectivity index (χ2n) is 4.38. The van der Waals surface area contributed by atoms with Crippen LogP contribution in [0.25, 0.3) is 0 Å². The van der Waals surface area contributed by atoms with Gasteiger partial charge < -0.3 is 0 Å². The van der Waals surface area contributed by atoms with Gasteiger partial charge in [-0.1, -0.05) is 23.8 Å². The zero-order valence-corrected chi connectivity index (χ0v) is 10.9. The van der Waals surface area contributed by atoms with Crippen molar-refractivity contribution in [2.24, 2.45) is 0 Å². The molecule has 1 heterocycles. The molecule has 2 rings (SSSR count). The van der Waals surface area contributed by atoms with E-state index in [0.29, 0.717) is 0 Å². The number of nitrogens with zero attached hydrogens (tertiary/aromatic N) is 1. The second kappa shape index (κ2) is 5.33. The van der Waals surface area contributed by atoms with Crippen molar-refractivity contribution in [3.8, 4) is 0 Å². The summed E-state index contributed by atoms with van der Waals surface area (Å²) in [4.78, 5) is 4.01. The first-order valence-electron chi connectivity index (χ1n) is 5.77. The summed E-state index contributed by atoms with van der Waals surface area (Å²) < 4.78 is 0. The van der Waals surface area contributed by atoms with Crippen LogP contribution in [0.3, 0.4) is 0 Å². The average Bonchev–Trinajstić information content (AvgIpc) is 2.35. The minimum absolute atomic E-state index is 0.0125. The van der Waals surface area contributed by atoms with Crippen LogP contribution < -0.4 is 0 Å². The average molecular weight is 246 g/mol. The molecule has 0 aliphatic carbocycles. The number of rotatable bonds is 3. The lowest BCUT2D eigenvalue weighted by Crippen LogP contribution is -1.98. The molecule has 2 aromatic rings. The van der Waals surface area contributed by atoms with Crippen LogP contribution in [0.15, 0.2) is 42.7 Å². The van der Waals surface area contributed by atoms with Crippen molar-refractivity contribution in [1.82, 2.24) is 4.98 Å². The molecule has 0 radical (unpaired) electrons. The third kappa shape index (κ3) is 3.07. The monoisotopic (exact) mass is 245 g/mol. The first kappa shape index (κ1) is 12.1. The van der Waals surface area contributed by atoms with Gasteiger partial charge in [-0.05, 0) is 49.1 Å². The number of hydrogen-bond donors (Lipinski definition) is 0. The van der Waals surface area contributed by atoms with Crippen LogP contribution in [0.1, 0.15) is 27.6 Å². The van der Waals surface area contributed by atoms with Crippen LogP contribution in [0.2, 0.25) is 0 Å². The zero-order chi connectivity index (χ0) is 12.3. The fourth-order valence-corrected chi connectivity index (χ4v) is 2.22. The highest BCUT2D eigenvalue weighted by Gasteiger charge is 2.10. The number of alkyl halides is 1. The SMILES string of the molecule is Cc1ccc(C)c(CC(Cl)c2ccncc2)c1. The highest BCUT2D eigenvalue weighted by Crippen LogP contribution is 2.26.